The number of halogens is 1. The molecule has 0 aliphatic heterocycles. The van der Waals surface area contributed by atoms with E-state index in [2.05, 4.69) is 10.2 Å². The van der Waals surface area contributed by atoms with Gasteiger partial charge in [0.1, 0.15) is 5.75 Å². The van der Waals surface area contributed by atoms with Crippen molar-refractivity contribution in [3.8, 4) is 5.75 Å². The van der Waals surface area contributed by atoms with Gasteiger partial charge >= 0.3 is 0 Å². The van der Waals surface area contributed by atoms with Crippen LogP contribution in [0.4, 0.5) is 0 Å². The van der Waals surface area contributed by atoms with Crippen molar-refractivity contribution in [2.75, 3.05) is 0 Å². The first kappa shape index (κ1) is 13.6. The molecule has 1 aromatic heterocycles. The lowest BCUT2D eigenvalue weighted by molar-refractivity contribution is 0.259. The van der Waals surface area contributed by atoms with E-state index in [1.54, 1.807) is 12.1 Å². The monoisotopic (exact) mass is 300 g/mol. The van der Waals surface area contributed by atoms with Crippen LogP contribution in [0.3, 0.4) is 0 Å². The summed E-state index contributed by atoms with van der Waals surface area (Å²) in [6.45, 7) is 0.224. The van der Waals surface area contributed by atoms with Gasteiger partial charge in [-0.05, 0) is 23.8 Å². The summed E-state index contributed by atoms with van der Waals surface area (Å²) < 4.78 is 11.1. The van der Waals surface area contributed by atoms with Crippen LogP contribution in [0.15, 0.2) is 59.0 Å². The van der Waals surface area contributed by atoms with E-state index in [1.807, 2.05) is 42.5 Å². The second-order valence-electron chi connectivity index (χ2n) is 4.50. The van der Waals surface area contributed by atoms with E-state index >= 15 is 0 Å². The van der Waals surface area contributed by atoms with Crippen molar-refractivity contribution in [2.24, 2.45) is 0 Å². The minimum atomic E-state index is 0.224. The third kappa shape index (κ3) is 3.83. The van der Waals surface area contributed by atoms with E-state index in [0.29, 0.717) is 29.0 Å². The van der Waals surface area contributed by atoms with Crippen molar-refractivity contribution >= 4 is 11.6 Å². The van der Waals surface area contributed by atoms with Crippen LogP contribution in [0.5, 0.6) is 5.75 Å². The molecule has 0 unspecified atom stereocenters. The van der Waals surface area contributed by atoms with Gasteiger partial charge in [0.15, 0.2) is 6.61 Å². The highest BCUT2D eigenvalue weighted by molar-refractivity contribution is 6.30. The number of hydrogen-bond donors (Lipinski definition) is 0. The molecule has 0 amide bonds. The standard InChI is InChI=1S/C16H13ClN2O2/c17-13-7-4-8-14(10-13)20-11-16-19-18-15(21-16)9-12-5-2-1-3-6-12/h1-8,10H,9,11H2. The lowest BCUT2D eigenvalue weighted by Crippen LogP contribution is -1.95. The third-order valence-electron chi connectivity index (χ3n) is 2.87. The number of aromatic nitrogens is 2. The second-order valence-corrected chi connectivity index (χ2v) is 4.93. The molecule has 3 aromatic rings. The van der Waals surface area contributed by atoms with Gasteiger partial charge in [-0.3, -0.25) is 0 Å². The summed E-state index contributed by atoms with van der Waals surface area (Å²) >= 11 is 5.89. The quantitative estimate of drug-likeness (QED) is 0.717. The highest BCUT2D eigenvalue weighted by Crippen LogP contribution is 2.18. The molecule has 5 heteroatoms. The molecule has 21 heavy (non-hydrogen) atoms. The van der Waals surface area contributed by atoms with Crippen LogP contribution in [0.25, 0.3) is 0 Å². The maximum absolute atomic E-state index is 5.89. The highest BCUT2D eigenvalue weighted by atomic mass is 35.5. The molecule has 106 valence electrons. The second kappa shape index (κ2) is 6.41. The zero-order valence-electron chi connectivity index (χ0n) is 11.2. The Kier molecular flexibility index (Phi) is 4.17. The Morgan fingerprint density at radius 1 is 0.952 bits per heavy atom. The summed E-state index contributed by atoms with van der Waals surface area (Å²) in [7, 11) is 0. The Balaban J connectivity index is 1.60. The van der Waals surface area contributed by atoms with Gasteiger partial charge in [0.2, 0.25) is 5.89 Å². The summed E-state index contributed by atoms with van der Waals surface area (Å²) in [5, 5.41) is 8.62. The summed E-state index contributed by atoms with van der Waals surface area (Å²) in [5.41, 5.74) is 1.13. The van der Waals surface area contributed by atoms with E-state index in [4.69, 9.17) is 20.8 Å². The van der Waals surface area contributed by atoms with Crippen molar-refractivity contribution in [1.82, 2.24) is 10.2 Å². The van der Waals surface area contributed by atoms with Gasteiger partial charge in [0.25, 0.3) is 5.89 Å². The van der Waals surface area contributed by atoms with Gasteiger partial charge in [-0.1, -0.05) is 48.0 Å². The summed E-state index contributed by atoms with van der Waals surface area (Å²) in [6, 6.07) is 17.2. The maximum Gasteiger partial charge on any atom is 0.253 e. The molecule has 2 aromatic carbocycles. The number of rotatable bonds is 5. The lowest BCUT2D eigenvalue weighted by atomic mass is 10.2. The molecule has 0 N–H and O–H groups in total. The van der Waals surface area contributed by atoms with Crippen LogP contribution in [-0.2, 0) is 13.0 Å². The van der Waals surface area contributed by atoms with Crippen molar-refractivity contribution in [3.05, 3.63) is 77.0 Å². The molecule has 0 spiro atoms. The first-order valence-electron chi connectivity index (χ1n) is 6.53. The van der Waals surface area contributed by atoms with Crippen LogP contribution in [0.1, 0.15) is 17.3 Å². The van der Waals surface area contributed by atoms with E-state index in [9.17, 15) is 0 Å². The molecular formula is C16H13ClN2O2. The molecule has 0 saturated heterocycles. The molecule has 0 aliphatic carbocycles. The summed E-state index contributed by atoms with van der Waals surface area (Å²) in [4.78, 5) is 0. The highest BCUT2D eigenvalue weighted by Gasteiger charge is 2.07. The molecule has 0 aliphatic rings. The fourth-order valence-electron chi connectivity index (χ4n) is 1.89. The molecule has 0 bridgehead atoms. The number of hydrogen-bond acceptors (Lipinski definition) is 4. The Morgan fingerprint density at radius 2 is 1.76 bits per heavy atom. The van der Waals surface area contributed by atoms with Crippen LogP contribution in [-0.4, -0.2) is 10.2 Å². The predicted octanol–water partition coefficient (Wildman–Crippen LogP) is 3.89. The van der Waals surface area contributed by atoms with Crippen LogP contribution >= 0.6 is 11.6 Å². The van der Waals surface area contributed by atoms with E-state index in [1.165, 1.54) is 0 Å². The van der Waals surface area contributed by atoms with Gasteiger partial charge in [-0.25, -0.2) is 0 Å². The Bertz CT molecular complexity index is 713. The Labute approximate surface area is 127 Å². The number of nitrogens with zero attached hydrogens (tertiary/aromatic N) is 2. The van der Waals surface area contributed by atoms with Crippen molar-refractivity contribution in [3.63, 3.8) is 0 Å². The summed E-state index contributed by atoms with van der Waals surface area (Å²) in [5.74, 6) is 1.69. The average Bonchev–Trinajstić information content (AvgIpc) is 2.94. The smallest absolute Gasteiger partial charge is 0.253 e. The molecule has 1 heterocycles. The van der Waals surface area contributed by atoms with Gasteiger partial charge in [-0.2, -0.15) is 0 Å². The SMILES string of the molecule is Clc1cccc(OCc2nnc(Cc3ccccc3)o2)c1. The van der Waals surface area contributed by atoms with Crippen LogP contribution < -0.4 is 4.74 Å². The number of benzene rings is 2. The largest absolute Gasteiger partial charge is 0.484 e. The maximum atomic E-state index is 5.89. The van der Waals surface area contributed by atoms with Crippen LogP contribution in [0, 0.1) is 0 Å². The van der Waals surface area contributed by atoms with Gasteiger partial charge in [0.05, 0.1) is 6.42 Å². The Hall–Kier alpha value is -2.33. The minimum Gasteiger partial charge on any atom is -0.484 e. The van der Waals surface area contributed by atoms with Crippen molar-refractivity contribution in [2.45, 2.75) is 13.0 Å². The fraction of sp³-hybridized carbons (Fsp3) is 0.125. The summed E-state index contributed by atoms with van der Waals surface area (Å²) in [6.07, 6.45) is 0.616. The van der Waals surface area contributed by atoms with Gasteiger partial charge in [-0.15, -0.1) is 10.2 Å². The zero-order chi connectivity index (χ0) is 14.5. The first-order chi connectivity index (χ1) is 10.3. The minimum absolute atomic E-state index is 0.224. The van der Waals surface area contributed by atoms with Gasteiger partial charge < -0.3 is 9.15 Å². The van der Waals surface area contributed by atoms with E-state index in [-0.39, 0.29) is 6.61 Å². The topological polar surface area (TPSA) is 48.2 Å². The first-order valence-corrected chi connectivity index (χ1v) is 6.91. The molecule has 0 radical (unpaired) electrons. The number of ether oxygens (including phenoxy) is 1. The normalized spacial score (nSPS) is 10.5. The van der Waals surface area contributed by atoms with Crippen LogP contribution in [0.2, 0.25) is 5.02 Å². The molecule has 4 nitrogen and oxygen atoms in total. The fourth-order valence-corrected chi connectivity index (χ4v) is 2.07. The van der Waals surface area contributed by atoms with Crippen molar-refractivity contribution < 1.29 is 9.15 Å². The average molecular weight is 301 g/mol. The van der Waals surface area contributed by atoms with Gasteiger partial charge in [0, 0.05) is 5.02 Å². The molecular weight excluding hydrogens is 288 g/mol. The lowest BCUT2D eigenvalue weighted by Gasteiger charge is -2.02. The van der Waals surface area contributed by atoms with Crippen molar-refractivity contribution in [1.29, 1.82) is 0 Å². The van der Waals surface area contributed by atoms with E-state index < -0.39 is 0 Å². The molecule has 3 rings (SSSR count). The third-order valence-corrected chi connectivity index (χ3v) is 3.10. The molecule has 0 atom stereocenters. The Morgan fingerprint density at radius 3 is 2.57 bits per heavy atom. The predicted molar refractivity (Wildman–Crippen MR) is 79.3 cm³/mol. The zero-order valence-corrected chi connectivity index (χ0v) is 12.0. The molecule has 0 saturated carbocycles. The van der Waals surface area contributed by atoms with E-state index in [0.717, 1.165) is 5.56 Å². The molecule has 0 fully saturated rings.